The van der Waals surface area contributed by atoms with Crippen molar-refractivity contribution in [2.45, 2.75) is 26.9 Å². The van der Waals surface area contributed by atoms with Gasteiger partial charge in [-0.3, -0.25) is 4.79 Å². The van der Waals surface area contributed by atoms with Gasteiger partial charge in [0.2, 0.25) is 0 Å². The largest absolute Gasteiger partial charge is 0.481 e. The highest BCUT2D eigenvalue weighted by Gasteiger charge is 2.16. The Morgan fingerprint density at radius 1 is 1.14 bits per heavy atom. The molecule has 0 aliphatic heterocycles. The van der Waals surface area contributed by atoms with E-state index in [2.05, 4.69) is 5.32 Å². The SMILES string of the molecule is Cc1ccc(OC(C)C(=O)Nc2cccc(Cl)c2C)cc1. The summed E-state index contributed by atoms with van der Waals surface area (Å²) in [5, 5.41) is 3.46. The van der Waals surface area contributed by atoms with Gasteiger partial charge in [-0.2, -0.15) is 0 Å². The summed E-state index contributed by atoms with van der Waals surface area (Å²) >= 11 is 6.04. The van der Waals surface area contributed by atoms with Crippen LogP contribution >= 0.6 is 11.6 Å². The van der Waals surface area contributed by atoms with E-state index in [-0.39, 0.29) is 5.91 Å². The number of anilines is 1. The smallest absolute Gasteiger partial charge is 0.265 e. The molecule has 0 radical (unpaired) electrons. The fourth-order valence-corrected chi connectivity index (χ4v) is 2.03. The quantitative estimate of drug-likeness (QED) is 0.911. The van der Waals surface area contributed by atoms with Gasteiger partial charge in [0.25, 0.3) is 5.91 Å². The van der Waals surface area contributed by atoms with E-state index >= 15 is 0 Å². The van der Waals surface area contributed by atoms with Crippen molar-refractivity contribution in [2.24, 2.45) is 0 Å². The van der Waals surface area contributed by atoms with Crippen LogP contribution in [0.5, 0.6) is 5.75 Å². The van der Waals surface area contributed by atoms with E-state index in [1.54, 1.807) is 19.1 Å². The van der Waals surface area contributed by atoms with Gasteiger partial charge in [0.1, 0.15) is 5.75 Å². The summed E-state index contributed by atoms with van der Waals surface area (Å²) in [6.07, 6.45) is -0.592. The Bertz CT molecular complexity index is 638. The molecule has 2 aromatic rings. The first-order valence-electron chi connectivity index (χ1n) is 6.76. The van der Waals surface area contributed by atoms with E-state index < -0.39 is 6.10 Å². The van der Waals surface area contributed by atoms with Crippen LogP contribution in [-0.4, -0.2) is 12.0 Å². The molecule has 1 atom stereocenters. The second-order valence-corrected chi connectivity index (χ2v) is 5.38. The van der Waals surface area contributed by atoms with E-state index in [4.69, 9.17) is 16.3 Å². The number of hydrogen-bond donors (Lipinski definition) is 1. The van der Waals surface area contributed by atoms with Crippen LogP contribution < -0.4 is 10.1 Å². The molecule has 0 aromatic heterocycles. The summed E-state index contributed by atoms with van der Waals surface area (Å²) in [7, 11) is 0. The van der Waals surface area contributed by atoms with Crippen molar-refractivity contribution < 1.29 is 9.53 Å². The molecule has 0 heterocycles. The monoisotopic (exact) mass is 303 g/mol. The molecule has 0 saturated heterocycles. The Labute approximate surface area is 129 Å². The normalized spacial score (nSPS) is 11.8. The number of rotatable bonds is 4. The summed E-state index contributed by atoms with van der Waals surface area (Å²) in [5.74, 6) is 0.465. The Hall–Kier alpha value is -2.00. The lowest BCUT2D eigenvalue weighted by Crippen LogP contribution is -2.30. The third-order valence-corrected chi connectivity index (χ3v) is 3.64. The number of aryl methyl sites for hydroxylation is 1. The number of carbonyl (C=O) groups is 1. The van der Waals surface area contributed by atoms with Gasteiger partial charge in [-0.05, 0) is 50.6 Å². The molecule has 110 valence electrons. The first kappa shape index (κ1) is 15.4. The van der Waals surface area contributed by atoms with Crippen LogP contribution in [0.25, 0.3) is 0 Å². The first-order valence-corrected chi connectivity index (χ1v) is 7.14. The average Bonchev–Trinajstić information content (AvgIpc) is 2.46. The van der Waals surface area contributed by atoms with Crippen molar-refractivity contribution in [1.82, 2.24) is 0 Å². The maximum atomic E-state index is 12.2. The zero-order valence-corrected chi connectivity index (χ0v) is 13.1. The topological polar surface area (TPSA) is 38.3 Å². The predicted octanol–water partition coefficient (Wildman–Crippen LogP) is 4.36. The number of halogens is 1. The molecule has 0 aliphatic carbocycles. The standard InChI is InChI=1S/C17H18ClNO2/c1-11-7-9-14(10-8-11)21-13(3)17(20)19-16-6-4-5-15(18)12(16)2/h4-10,13H,1-3H3,(H,19,20). The van der Waals surface area contributed by atoms with E-state index in [0.29, 0.717) is 16.5 Å². The molecule has 2 aromatic carbocycles. The predicted molar refractivity (Wildman–Crippen MR) is 86.1 cm³/mol. The molecule has 21 heavy (non-hydrogen) atoms. The van der Waals surface area contributed by atoms with Gasteiger partial charge < -0.3 is 10.1 Å². The molecule has 3 nitrogen and oxygen atoms in total. The van der Waals surface area contributed by atoms with Crippen molar-refractivity contribution in [2.75, 3.05) is 5.32 Å². The van der Waals surface area contributed by atoms with Crippen LogP contribution in [0.1, 0.15) is 18.1 Å². The molecule has 0 saturated carbocycles. The first-order chi connectivity index (χ1) is 9.97. The van der Waals surface area contributed by atoms with Gasteiger partial charge in [-0.15, -0.1) is 0 Å². The van der Waals surface area contributed by atoms with E-state index in [1.807, 2.05) is 44.2 Å². The Kier molecular flexibility index (Phi) is 4.86. The minimum absolute atomic E-state index is 0.207. The number of hydrogen-bond acceptors (Lipinski definition) is 2. The lowest BCUT2D eigenvalue weighted by Gasteiger charge is -2.16. The lowest BCUT2D eigenvalue weighted by molar-refractivity contribution is -0.122. The molecule has 1 unspecified atom stereocenters. The molecular weight excluding hydrogens is 286 g/mol. The summed E-state index contributed by atoms with van der Waals surface area (Å²) in [6.45, 7) is 5.58. The molecule has 0 fully saturated rings. The Morgan fingerprint density at radius 2 is 1.81 bits per heavy atom. The summed E-state index contributed by atoms with van der Waals surface area (Å²) in [5.41, 5.74) is 2.69. The molecule has 0 bridgehead atoms. The average molecular weight is 304 g/mol. The maximum Gasteiger partial charge on any atom is 0.265 e. The molecule has 4 heteroatoms. The van der Waals surface area contributed by atoms with Crippen LogP contribution in [0.4, 0.5) is 5.69 Å². The van der Waals surface area contributed by atoms with E-state index in [0.717, 1.165) is 11.1 Å². The molecule has 0 spiro atoms. The van der Waals surface area contributed by atoms with Crippen LogP contribution in [0.3, 0.4) is 0 Å². The van der Waals surface area contributed by atoms with Crippen LogP contribution in [0.15, 0.2) is 42.5 Å². The van der Waals surface area contributed by atoms with Gasteiger partial charge >= 0.3 is 0 Å². The number of amides is 1. The highest BCUT2D eigenvalue weighted by atomic mass is 35.5. The molecule has 2 rings (SSSR count). The fourth-order valence-electron chi connectivity index (χ4n) is 1.85. The van der Waals surface area contributed by atoms with Crippen molar-refractivity contribution in [1.29, 1.82) is 0 Å². The molecule has 1 amide bonds. The summed E-state index contributed by atoms with van der Waals surface area (Å²) in [6, 6.07) is 13.0. The highest BCUT2D eigenvalue weighted by molar-refractivity contribution is 6.31. The molecular formula is C17H18ClNO2. The second-order valence-electron chi connectivity index (χ2n) is 4.97. The Balaban J connectivity index is 2.02. The zero-order chi connectivity index (χ0) is 15.4. The number of nitrogens with one attached hydrogen (secondary N) is 1. The van der Waals surface area contributed by atoms with Crippen LogP contribution in [0, 0.1) is 13.8 Å². The van der Waals surface area contributed by atoms with E-state index in [1.165, 1.54) is 0 Å². The second kappa shape index (κ2) is 6.64. The summed E-state index contributed by atoms with van der Waals surface area (Å²) in [4.78, 5) is 12.2. The zero-order valence-electron chi connectivity index (χ0n) is 12.3. The lowest BCUT2D eigenvalue weighted by atomic mass is 10.2. The Morgan fingerprint density at radius 3 is 2.48 bits per heavy atom. The van der Waals surface area contributed by atoms with Crippen molar-refractivity contribution in [3.8, 4) is 5.75 Å². The van der Waals surface area contributed by atoms with Crippen LogP contribution in [-0.2, 0) is 4.79 Å². The van der Waals surface area contributed by atoms with Crippen molar-refractivity contribution in [3.05, 3.63) is 58.6 Å². The van der Waals surface area contributed by atoms with Gasteiger partial charge in [0, 0.05) is 10.7 Å². The molecule has 1 N–H and O–H groups in total. The van der Waals surface area contributed by atoms with Gasteiger partial charge in [-0.25, -0.2) is 0 Å². The maximum absolute atomic E-state index is 12.2. The van der Waals surface area contributed by atoms with Gasteiger partial charge in [0.15, 0.2) is 6.10 Å². The van der Waals surface area contributed by atoms with E-state index in [9.17, 15) is 4.79 Å². The van der Waals surface area contributed by atoms with Crippen molar-refractivity contribution in [3.63, 3.8) is 0 Å². The van der Waals surface area contributed by atoms with Gasteiger partial charge in [-0.1, -0.05) is 35.4 Å². The third kappa shape index (κ3) is 3.99. The summed E-state index contributed by atoms with van der Waals surface area (Å²) < 4.78 is 5.63. The third-order valence-electron chi connectivity index (χ3n) is 3.23. The molecule has 0 aliphatic rings. The number of carbonyl (C=O) groups excluding carboxylic acids is 1. The van der Waals surface area contributed by atoms with Gasteiger partial charge in [0.05, 0.1) is 0 Å². The fraction of sp³-hybridized carbons (Fsp3) is 0.235. The van der Waals surface area contributed by atoms with Crippen molar-refractivity contribution >= 4 is 23.2 Å². The van der Waals surface area contributed by atoms with Crippen LogP contribution in [0.2, 0.25) is 5.02 Å². The number of benzene rings is 2. The number of ether oxygens (including phenoxy) is 1. The minimum Gasteiger partial charge on any atom is -0.481 e. The highest BCUT2D eigenvalue weighted by Crippen LogP contribution is 2.23. The minimum atomic E-state index is -0.592.